The Morgan fingerprint density at radius 3 is 2.42 bits per heavy atom. The molecule has 53 heavy (non-hydrogen) atoms. The van der Waals surface area contributed by atoms with Crippen molar-refractivity contribution in [2.24, 2.45) is 17.3 Å². The van der Waals surface area contributed by atoms with E-state index in [0.29, 0.717) is 35.1 Å². The Morgan fingerprint density at radius 2 is 1.60 bits per heavy atom. The first kappa shape index (κ1) is 33.3. The van der Waals surface area contributed by atoms with Gasteiger partial charge in [0.15, 0.2) is 0 Å². The fourth-order valence-corrected chi connectivity index (χ4v) is 11.3. The SMILES string of the molecule is CC1(C2C=CC(N(c3ccc([C@@]4(C)CC=CC5C6=C(C=CCC6)OC54)cc3)C3C=CC(c4cccc5c4OC4C=CC=CC54)CC3)=CC2)CCCCC1. The van der Waals surface area contributed by atoms with Gasteiger partial charge in [-0.2, -0.15) is 0 Å². The second kappa shape index (κ2) is 13.3. The van der Waals surface area contributed by atoms with Crippen molar-refractivity contribution in [3.8, 4) is 5.75 Å². The number of benzene rings is 2. The van der Waals surface area contributed by atoms with E-state index in [0.717, 1.165) is 50.0 Å². The number of nitrogens with zero attached hydrogens (tertiary/aromatic N) is 1. The molecule has 272 valence electrons. The third-order valence-electron chi connectivity index (χ3n) is 14.6. The van der Waals surface area contributed by atoms with E-state index in [2.05, 4.69) is 140 Å². The number of ether oxygens (including phenoxy) is 2. The molecule has 0 saturated heterocycles. The zero-order valence-corrected chi connectivity index (χ0v) is 31.6. The van der Waals surface area contributed by atoms with Crippen molar-refractivity contribution in [3.05, 3.63) is 155 Å². The summed E-state index contributed by atoms with van der Waals surface area (Å²) in [6.45, 7) is 4.98. The summed E-state index contributed by atoms with van der Waals surface area (Å²) in [5, 5.41) is 0. The van der Waals surface area contributed by atoms with Gasteiger partial charge in [0.2, 0.25) is 0 Å². The van der Waals surface area contributed by atoms with Crippen LogP contribution in [0.5, 0.6) is 5.75 Å². The molecule has 0 N–H and O–H groups in total. The van der Waals surface area contributed by atoms with Crippen LogP contribution in [0.1, 0.15) is 113 Å². The molecule has 3 nitrogen and oxygen atoms in total. The molecular formula is C50H55NO2. The average Bonchev–Trinajstić information content (AvgIpc) is 3.79. The van der Waals surface area contributed by atoms with Gasteiger partial charge >= 0.3 is 0 Å². The Morgan fingerprint density at radius 1 is 0.755 bits per heavy atom. The number of hydrogen-bond donors (Lipinski definition) is 0. The van der Waals surface area contributed by atoms with Crippen LogP contribution < -0.4 is 9.64 Å². The van der Waals surface area contributed by atoms with Gasteiger partial charge in [-0.25, -0.2) is 0 Å². The number of fused-ring (bicyclic) bond motifs is 5. The van der Waals surface area contributed by atoms with E-state index >= 15 is 0 Å². The first-order chi connectivity index (χ1) is 26.0. The van der Waals surface area contributed by atoms with Crippen molar-refractivity contribution >= 4 is 5.69 Å². The van der Waals surface area contributed by atoms with Gasteiger partial charge in [-0.3, -0.25) is 0 Å². The molecule has 3 heteroatoms. The number of allylic oxidation sites excluding steroid dienone is 9. The van der Waals surface area contributed by atoms with E-state index in [4.69, 9.17) is 9.47 Å². The van der Waals surface area contributed by atoms with Crippen LogP contribution >= 0.6 is 0 Å². The molecule has 0 amide bonds. The van der Waals surface area contributed by atoms with Gasteiger partial charge in [0.25, 0.3) is 0 Å². The molecule has 2 aromatic carbocycles. The molecule has 1 saturated carbocycles. The predicted molar refractivity (Wildman–Crippen MR) is 217 cm³/mol. The minimum Gasteiger partial charge on any atom is -0.489 e. The number of anilines is 1. The van der Waals surface area contributed by atoms with Crippen molar-refractivity contribution in [1.29, 1.82) is 0 Å². The topological polar surface area (TPSA) is 21.7 Å². The molecular weight excluding hydrogens is 647 g/mol. The van der Waals surface area contributed by atoms with Crippen LogP contribution in [0.25, 0.3) is 0 Å². The molecule has 2 heterocycles. The van der Waals surface area contributed by atoms with Gasteiger partial charge in [0, 0.05) is 45.7 Å². The predicted octanol–water partition coefficient (Wildman–Crippen LogP) is 12.2. The standard InChI is InChI=1S/C50H55NO2/c1-49(31-8-3-9-32-49)35-21-27-38(28-22-35)51(37-25-19-34(20-26-37)40-14-10-15-43-41-12-4-6-17-45(41)52-47(40)43)39-29-23-36(24-30-39)50(2)33-11-16-44-42-13-5-7-18-46(42)53-48(44)50/h4,6-7,10-12,14-19,21,23-25,27-30,34-35,37,41,44-45,48H,3,5,8-9,13,20,22,26,31-33H2,1-2H3/t34?,35?,37?,41?,44?,45?,48?,50-/m1/s1. The van der Waals surface area contributed by atoms with Crippen LogP contribution in [-0.4, -0.2) is 18.2 Å². The molecule has 0 bridgehead atoms. The normalized spacial score (nSPS) is 34.5. The number of rotatable bonds is 6. The van der Waals surface area contributed by atoms with Gasteiger partial charge in [-0.15, -0.1) is 0 Å². The van der Waals surface area contributed by atoms with Crippen LogP contribution in [0.2, 0.25) is 0 Å². The lowest BCUT2D eigenvalue weighted by Crippen LogP contribution is -2.42. The van der Waals surface area contributed by atoms with Gasteiger partial charge < -0.3 is 14.4 Å². The monoisotopic (exact) mass is 701 g/mol. The highest BCUT2D eigenvalue weighted by Crippen LogP contribution is 2.52. The molecule has 10 rings (SSSR count). The Labute approximate surface area is 317 Å². The fraction of sp³-hybridized carbons (Fsp3) is 0.440. The third kappa shape index (κ3) is 5.67. The van der Waals surface area contributed by atoms with E-state index in [1.165, 1.54) is 65.8 Å². The molecule has 1 fully saturated rings. The van der Waals surface area contributed by atoms with E-state index < -0.39 is 0 Å². The summed E-state index contributed by atoms with van der Waals surface area (Å²) >= 11 is 0. The summed E-state index contributed by atoms with van der Waals surface area (Å²) < 4.78 is 13.4. The van der Waals surface area contributed by atoms with Crippen molar-refractivity contribution in [2.45, 2.75) is 120 Å². The maximum Gasteiger partial charge on any atom is 0.128 e. The van der Waals surface area contributed by atoms with Crippen molar-refractivity contribution in [2.75, 3.05) is 4.90 Å². The molecule has 0 spiro atoms. The summed E-state index contributed by atoms with van der Waals surface area (Å²) in [5.41, 5.74) is 8.56. The maximum absolute atomic E-state index is 6.77. The van der Waals surface area contributed by atoms with E-state index in [1.807, 2.05) is 0 Å². The van der Waals surface area contributed by atoms with Gasteiger partial charge in [-0.1, -0.05) is 124 Å². The molecule has 2 aliphatic heterocycles. The molecule has 0 aromatic heterocycles. The first-order valence-electron chi connectivity index (χ1n) is 20.8. The van der Waals surface area contributed by atoms with E-state index in [9.17, 15) is 0 Å². The smallest absolute Gasteiger partial charge is 0.128 e. The Balaban J connectivity index is 0.942. The summed E-state index contributed by atoms with van der Waals surface area (Å²) in [7, 11) is 0. The van der Waals surface area contributed by atoms with Gasteiger partial charge in [0.05, 0.1) is 6.04 Å². The second-order valence-electron chi connectivity index (χ2n) is 17.7. The van der Waals surface area contributed by atoms with Crippen molar-refractivity contribution < 1.29 is 9.47 Å². The van der Waals surface area contributed by atoms with Crippen LogP contribution in [0.4, 0.5) is 5.69 Å². The summed E-state index contributed by atoms with van der Waals surface area (Å²) in [6.07, 6.45) is 44.4. The largest absolute Gasteiger partial charge is 0.489 e. The Bertz CT molecular complexity index is 2000. The van der Waals surface area contributed by atoms with Crippen LogP contribution in [0.15, 0.2) is 138 Å². The molecule has 6 aliphatic carbocycles. The third-order valence-corrected chi connectivity index (χ3v) is 14.6. The quantitative estimate of drug-likeness (QED) is 0.280. The Hall–Kier alpha value is -4.24. The molecule has 8 atom stereocenters. The van der Waals surface area contributed by atoms with Crippen LogP contribution in [-0.2, 0) is 10.2 Å². The highest BCUT2D eigenvalue weighted by molar-refractivity contribution is 5.60. The number of hydrogen-bond acceptors (Lipinski definition) is 3. The summed E-state index contributed by atoms with van der Waals surface area (Å²) in [4.78, 5) is 2.64. The summed E-state index contributed by atoms with van der Waals surface area (Å²) in [5.74, 6) is 3.95. The molecule has 8 aliphatic rings. The second-order valence-corrected chi connectivity index (χ2v) is 17.7. The van der Waals surface area contributed by atoms with Crippen molar-refractivity contribution in [3.63, 3.8) is 0 Å². The summed E-state index contributed by atoms with van der Waals surface area (Å²) in [6, 6.07) is 16.7. The minimum atomic E-state index is -0.0697. The molecule has 0 radical (unpaired) electrons. The maximum atomic E-state index is 6.77. The van der Waals surface area contributed by atoms with Crippen molar-refractivity contribution in [1.82, 2.24) is 0 Å². The average molecular weight is 702 g/mol. The molecule has 2 aromatic rings. The molecule has 7 unspecified atom stereocenters. The van der Waals surface area contributed by atoms with Crippen LogP contribution in [0.3, 0.4) is 0 Å². The highest BCUT2D eigenvalue weighted by atomic mass is 16.5. The van der Waals surface area contributed by atoms with Gasteiger partial charge in [0.1, 0.15) is 23.7 Å². The highest BCUT2D eigenvalue weighted by Gasteiger charge is 2.49. The van der Waals surface area contributed by atoms with Gasteiger partial charge in [-0.05, 0) is 104 Å². The number of para-hydroxylation sites is 1. The Kier molecular flexibility index (Phi) is 8.34. The van der Waals surface area contributed by atoms with Crippen LogP contribution in [0, 0.1) is 17.3 Å². The lowest BCUT2D eigenvalue weighted by Gasteiger charge is -2.42. The lowest BCUT2D eigenvalue weighted by atomic mass is 9.65. The minimum absolute atomic E-state index is 0.0697. The van der Waals surface area contributed by atoms with E-state index in [-0.39, 0.29) is 17.6 Å². The fourth-order valence-electron chi connectivity index (χ4n) is 11.3. The van der Waals surface area contributed by atoms with E-state index in [1.54, 1.807) is 0 Å². The lowest BCUT2D eigenvalue weighted by molar-refractivity contribution is 0.0552. The zero-order valence-electron chi connectivity index (χ0n) is 31.6. The zero-order chi connectivity index (χ0) is 35.6. The first-order valence-corrected chi connectivity index (χ1v) is 20.8.